The molecule has 0 aliphatic carbocycles. The van der Waals surface area contributed by atoms with Crippen LogP contribution in [0.1, 0.15) is 45.8 Å². The molecule has 0 radical (unpaired) electrons. The number of rotatable bonds is 6. The molecule has 0 fully saturated rings. The molecule has 0 unspecified atom stereocenters. The highest BCUT2D eigenvalue weighted by Crippen LogP contribution is 2.23. The second kappa shape index (κ2) is 8.39. The molecule has 2 aromatic carbocycles. The third-order valence-corrected chi connectivity index (χ3v) is 5.50. The zero-order valence-corrected chi connectivity index (χ0v) is 16.9. The lowest BCUT2D eigenvalue weighted by Gasteiger charge is -2.13. The van der Waals surface area contributed by atoms with Crippen molar-refractivity contribution in [1.29, 1.82) is 0 Å². The Hall–Kier alpha value is -2.60. The van der Waals surface area contributed by atoms with Gasteiger partial charge in [-0.15, -0.1) is 10.2 Å². The number of nitrogens with one attached hydrogen (secondary N) is 1. The number of hydrogen-bond acceptors (Lipinski definition) is 4. The number of aromatic nitrogens is 3. The van der Waals surface area contributed by atoms with Gasteiger partial charge in [0.25, 0.3) is 5.91 Å². The molecule has 0 saturated heterocycles. The maximum absolute atomic E-state index is 12.4. The minimum atomic E-state index is -0.231. The van der Waals surface area contributed by atoms with Crippen molar-refractivity contribution in [2.75, 3.05) is 0 Å². The summed E-state index contributed by atoms with van der Waals surface area (Å²) in [7, 11) is 1.93. The minimum Gasteiger partial charge on any atom is -0.342 e. The zero-order valence-electron chi connectivity index (χ0n) is 16.1. The van der Waals surface area contributed by atoms with E-state index in [0.29, 0.717) is 5.56 Å². The van der Waals surface area contributed by atoms with Crippen LogP contribution in [0.3, 0.4) is 0 Å². The van der Waals surface area contributed by atoms with E-state index in [1.54, 1.807) is 11.8 Å². The molecule has 1 aromatic heterocycles. The van der Waals surface area contributed by atoms with Gasteiger partial charge in [0.05, 0.1) is 6.04 Å². The lowest BCUT2D eigenvalue weighted by atomic mass is 10.1. The van der Waals surface area contributed by atoms with Crippen molar-refractivity contribution in [3.8, 4) is 0 Å². The van der Waals surface area contributed by atoms with Crippen LogP contribution in [0, 0.1) is 13.8 Å². The molecule has 140 valence electrons. The van der Waals surface area contributed by atoms with Crippen LogP contribution in [0.4, 0.5) is 0 Å². The molecule has 6 heteroatoms. The van der Waals surface area contributed by atoms with Crippen LogP contribution in [-0.4, -0.2) is 20.7 Å². The summed E-state index contributed by atoms with van der Waals surface area (Å²) >= 11 is 1.64. The number of hydrogen-bond donors (Lipinski definition) is 1. The van der Waals surface area contributed by atoms with E-state index < -0.39 is 0 Å². The molecule has 1 amide bonds. The number of aryl methyl sites for hydroxylation is 2. The van der Waals surface area contributed by atoms with E-state index in [9.17, 15) is 4.79 Å². The highest BCUT2D eigenvalue weighted by molar-refractivity contribution is 7.98. The summed E-state index contributed by atoms with van der Waals surface area (Å²) in [6.07, 6.45) is 0. The molecule has 1 N–H and O–H groups in total. The number of nitrogens with zero attached hydrogens (tertiary/aromatic N) is 3. The second-order valence-electron chi connectivity index (χ2n) is 6.74. The van der Waals surface area contributed by atoms with Gasteiger partial charge in [-0.05, 0) is 38.5 Å². The Kier molecular flexibility index (Phi) is 5.96. The largest absolute Gasteiger partial charge is 0.342 e. The molecule has 5 nitrogen and oxygen atoms in total. The van der Waals surface area contributed by atoms with Crippen LogP contribution in [0.2, 0.25) is 0 Å². The van der Waals surface area contributed by atoms with Crippen LogP contribution < -0.4 is 5.32 Å². The molecule has 0 bridgehead atoms. The summed E-state index contributed by atoms with van der Waals surface area (Å²) in [4.78, 5) is 12.4. The predicted octanol–water partition coefficient (Wildman–Crippen LogP) is 4.22. The number of amides is 1. The van der Waals surface area contributed by atoms with Crippen LogP contribution in [0.15, 0.2) is 53.7 Å². The zero-order chi connectivity index (χ0) is 19.4. The Morgan fingerprint density at radius 2 is 1.63 bits per heavy atom. The fourth-order valence-electron chi connectivity index (χ4n) is 2.71. The molecule has 3 rings (SSSR count). The van der Waals surface area contributed by atoms with Crippen molar-refractivity contribution in [2.45, 2.75) is 37.7 Å². The first kappa shape index (κ1) is 19.2. The molecule has 3 aromatic rings. The number of carbonyl (C=O) groups excluding carboxylic acids is 1. The molecule has 27 heavy (non-hydrogen) atoms. The Bertz CT molecular complexity index is 916. The van der Waals surface area contributed by atoms with Crippen molar-refractivity contribution >= 4 is 17.7 Å². The lowest BCUT2D eigenvalue weighted by Crippen LogP contribution is -2.28. The van der Waals surface area contributed by atoms with Crippen molar-refractivity contribution in [3.63, 3.8) is 0 Å². The van der Waals surface area contributed by atoms with E-state index >= 15 is 0 Å². The van der Waals surface area contributed by atoms with Gasteiger partial charge in [0.2, 0.25) is 0 Å². The number of thioether (sulfide) groups is 1. The fraction of sp³-hybridized carbons (Fsp3) is 0.286. The Balaban J connectivity index is 1.64. The first-order valence-corrected chi connectivity index (χ1v) is 9.88. The summed E-state index contributed by atoms with van der Waals surface area (Å²) in [6.45, 7) is 6.00. The van der Waals surface area contributed by atoms with Crippen LogP contribution >= 0.6 is 11.8 Å². The molecular weight excluding hydrogens is 356 g/mol. The average molecular weight is 381 g/mol. The topological polar surface area (TPSA) is 59.8 Å². The molecule has 1 heterocycles. The van der Waals surface area contributed by atoms with Gasteiger partial charge >= 0.3 is 0 Å². The van der Waals surface area contributed by atoms with E-state index in [1.807, 2.05) is 49.7 Å². The molecular formula is C21H24N4OS. The van der Waals surface area contributed by atoms with Gasteiger partial charge in [-0.1, -0.05) is 59.3 Å². The highest BCUT2D eigenvalue weighted by Gasteiger charge is 2.18. The molecule has 0 aliphatic heterocycles. The van der Waals surface area contributed by atoms with E-state index in [2.05, 4.69) is 46.7 Å². The lowest BCUT2D eigenvalue weighted by molar-refractivity contribution is 0.0937. The van der Waals surface area contributed by atoms with Gasteiger partial charge < -0.3 is 9.88 Å². The summed E-state index contributed by atoms with van der Waals surface area (Å²) in [5.74, 6) is 1.46. The molecule has 0 aliphatic rings. The van der Waals surface area contributed by atoms with Crippen LogP contribution in [-0.2, 0) is 12.8 Å². The van der Waals surface area contributed by atoms with Crippen LogP contribution in [0.25, 0.3) is 0 Å². The van der Waals surface area contributed by atoms with Crippen molar-refractivity contribution in [2.24, 2.45) is 7.05 Å². The Labute approximate surface area is 164 Å². The Morgan fingerprint density at radius 3 is 2.26 bits per heavy atom. The standard InChI is InChI=1S/C21H24N4OS/c1-14-5-9-17(10-6-14)13-27-21-24-23-19(25(21)4)16(3)22-20(26)18-11-7-15(2)8-12-18/h5-12,16H,13H2,1-4H3,(H,22,26)/t16-/m0/s1. The summed E-state index contributed by atoms with van der Waals surface area (Å²) in [6, 6.07) is 15.8. The monoisotopic (exact) mass is 380 g/mol. The van der Waals surface area contributed by atoms with Crippen LogP contribution in [0.5, 0.6) is 0 Å². The summed E-state index contributed by atoms with van der Waals surface area (Å²) < 4.78 is 1.94. The number of carbonyl (C=O) groups is 1. The fourth-order valence-corrected chi connectivity index (χ4v) is 3.58. The second-order valence-corrected chi connectivity index (χ2v) is 7.68. The summed E-state index contributed by atoms with van der Waals surface area (Å²) in [5.41, 5.74) is 4.27. The average Bonchev–Trinajstić information content (AvgIpc) is 3.02. The van der Waals surface area contributed by atoms with Crippen molar-refractivity contribution < 1.29 is 4.79 Å². The van der Waals surface area contributed by atoms with Gasteiger partial charge in [0.1, 0.15) is 0 Å². The smallest absolute Gasteiger partial charge is 0.251 e. The van der Waals surface area contributed by atoms with E-state index in [0.717, 1.165) is 22.3 Å². The van der Waals surface area contributed by atoms with Gasteiger partial charge in [-0.2, -0.15) is 0 Å². The highest BCUT2D eigenvalue weighted by atomic mass is 32.2. The Morgan fingerprint density at radius 1 is 1.04 bits per heavy atom. The first-order valence-electron chi connectivity index (χ1n) is 8.89. The van der Waals surface area contributed by atoms with Gasteiger partial charge in [-0.25, -0.2) is 0 Å². The minimum absolute atomic E-state index is 0.112. The third kappa shape index (κ3) is 4.77. The maximum atomic E-state index is 12.4. The van der Waals surface area contributed by atoms with E-state index in [4.69, 9.17) is 0 Å². The third-order valence-electron chi connectivity index (χ3n) is 4.41. The molecule has 0 spiro atoms. The predicted molar refractivity (Wildman–Crippen MR) is 109 cm³/mol. The first-order chi connectivity index (χ1) is 12.9. The maximum Gasteiger partial charge on any atom is 0.251 e. The number of benzene rings is 2. The van der Waals surface area contributed by atoms with Crippen molar-refractivity contribution in [1.82, 2.24) is 20.1 Å². The van der Waals surface area contributed by atoms with E-state index in [1.165, 1.54) is 11.1 Å². The molecule has 1 atom stereocenters. The van der Waals surface area contributed by atoms with E-state index in [-0.39, 0.29) is 11.9 Å². The van der Waals surface area contributed by atoms with Crippen molar-refractivity contribution in [3.05, 3.63) is 76.6 Å². The quantitative estimate of drug-likeness (QED) is 0.651. The van der Waals surface area contributed by atoms with Gasteiger partial charge in [0.15, 0.2) is 11.0 Å². The normalized spacial score (nSPS) is 12.0. The summed E-state index contributed by atoms with van der Waals surface area (Å²) in [5, 5.41) is 12.4. The molecule has 0 saturated carbocycles. The SMILES string of the molecule is Cc1ccc(CSc2nnc([C@H](C)NC(=O)c3ccc(C)cc3)n2C)cc1. The van der Waals surface area contributed by atoms with Gasteiger partial charge in [0, 0.05) is 18.4 Å². The van der Waals surface area contributed by atoms with Gasteiger partial charge in [-0.3, -0.25) is 4.79 Å².